The van der Waals surface area contributed by atoms with Crippen molar-refractivity contribution in [3.63, 3.8) is 0 Å². The Morgan fingerprint density at radius 1 is 1.12 bits per heavy atom. The Hall–Kier alpha value is -1.75. The summed E-state index contributed by atoms with van der Waals surface area (Å²) in [6, 6.07) is 5.59. The second-order valence-electron chi connectivity index (χ2n) is 6.13. The summed E-state index contributed by atoms with van der Waals surface area (Å²) in [5.74, 6) is 0.267. The van der Waals surface area contributed by atoms with Crippen LogP contribution in [0.25, 0.3) is 0 Å². The van der Waals surface area contributed by atoms with Gasteiger partial charge >= 0.3 is 5.97 Å². The Morgan fingerprint density at radius 3 is 2.54 bits per heavy atom. The minimum absolute atomic E-state index is 0.330. The first-order valence-electron chi connectivity index (χ1n) is 8.91. The summed E-state index contributed by atoms with van der Waals surface area (Å²) in [5.41, 5.74) is 1.46. The number of ether oxygens (including phenoxy) is 2. The zero-order valence-corrected chi connectivity index (χ0v) is 15.6. The molecule has 24 heavy (non-hydrogen) atoms. The maximum absolute atomic E-state index is 12.3. The quantitative estimate of drug-likeness (QED) is 0.465. The molecule has 1 rings (SSSR count). The number of carbonyl (C=O) groups is 1. The van der Waals surface area contributed by atoms with E-state index in [-0.39, 0.29) is 5.97 Å². The minimum atomic E-state index is -0.330. The van der Waals surface area contributed by atoms with Gasteiger partial charge in [0.25, 0.3) is 0 Å². The van der Waals surface area contributed by atoms with E-state index in [1.54, 1.807) is 6.07 Å². The number of hydrogen-bond donors (Lipinski definition) is 1. The van der Waals surface area contributed by atoms with Gasteiger partial charge in [0.15, 0.2) is 0 Å². The highest BCUT2D eigenvalue weighted by molar-refractivity contribution is 5.93. The fraction of sp³-hybridized carbons (Fsp3) is 0.632. The molecule has 0 heterocycles. The van der Waals surface area contributed by atoms with Crippen molar-refractivity contribution in [2.24, 2.45) is 0 Å². The fourth-order valence-electron chi connectivity index (χ4n) is 2.05. The molecular formula is C19H32N2O3. The van der Waals surface area contributed by atoms with Gasteiger partial charge in [-0.2, -0.15) is 0 Å². The van der Waals surface area contributed by atoms with Crippen LogP contribution in [0.15, 0.2) is 18.2 Å². The second kappa shape index (κ2) is 11.7. The van der Waals surface area contributed by atoms with Crippen molar-refractivity contribution in [2.45, 2.75) is 39.5 Å². The molecule has 0 aliphatic heterocycles. The second-order valence-corrected chi connectivity index (χ2v) is 6.13. The smallest absolute Gasteiger partial charge is 0.341 e. The third-order valence-corrected chi connectivity index (χ3v) is 3.59. The van der Waals surface area contributed by atoms with Crippen molar-refractivity contribution in [2.75, 3.05) is 45.7 Å². The predicted octanol–water partition coefficient (Wildman–Crippen LogP) is 3.80. The molecule has 0 aromatic heterocycles. The first-order valence-corrected chi connectivity index (χ1v) is 8.91. The van der Waals surface area contributed by atoms with Crippen LogP contribution in [0.4, 0.5) is 5.69 Å². The van der Waals surface area contributed by atoms with E-state index >= 15 is 0 Å². The third kappa shape index (κ3) is 7.68. The van der Waals surface area contributed by atoms with Gasteiger partial charge in [-0.25, -0.2) is 4.79 Å². The van der Waals surface area contributed by atoms with Crippen molar-refractivity contribution in [1.82, 2.24) is 4.90 Å². The number of carbonyl (C=O) groups excluding carboxylic acids is 1. The van der Waals surface area contributed by atoms with Gasteiger partial charge in [-0.1, -0.05) is 26.7 Å². The van der Waals surface area contributed by atoms with Crippen LogP contribution in [0.3, 0.4) is 0 Å². The lowest BCUT2D eigenvalue weighted by atomic mass is 10.1. The van der Waals surface area contributed by atoms with Gasteiger partial charge < -0.3 is 19.7 Å². The number of nitrogens with zero attached hydrogens (tertiary/aromatic N) is 1. The Balaban J connectivity index is 2.77. The van der Waals surface area contributed by atoms with E-state index in [0.717, 1.165) is 37.9 Å². The molecule has 0 atom stereocenters. The van der Waals surface area contributed by atoms with Crippen LogP contribution >= 0.6 is 0 Å². The van der Waals surface area contributed by atoms with Crippen LogP contribution in [-0.2, 0) is 4.74 Å². The average Bonchev–Trinajstić information content (AvgIpc) is 2.55. The molecule has 5 nitrogen and oxygen atoms in total. The Kier molecular flexibility index (Phi) is 9.92. The number of unbranched alkanes of at least 4 members (excludes halogenated alkanes) is 2. The zero-order chi connectivity index (χ0) is 17.8. The number of nitrogens with one attached hydrogen (secondary N) is 1. The monoisotopic (exact) mass is 336 g/mol. The molecule has 0 bridgehead atoms. The lowest BCUT2D eigenvalue weighted by Gasteiger charge is -2.15. The van der Waals surface area contributed by atoms with Crippen LogP contribution in [0.5, 0.6) is 5.75 Å². The van der Waals surface area contributed by atoms with Crippen molar-refractivity contribution in [3.8, 4) is 5.75 Å². The molecule has 0 radical (unpaired) electrons. The molecular weight excluding hydrogens is 304 g/mol. The van der Waals surface area contributed by atoms with Gasteiger partial charge in [-0.05, 0) is 39.1 Å². The van der Waals surface area contributed by atoms with Crippen molar-refractivity contribution in [3.05, 3.63) is 23.8 Å². The summed E-state index contributed by atoms with van der Waals surface area (Å²) < 4.78 is 11.2. The van der Waals surface area contributed by atoms with Crippen LogP contribution < -0.4 is 10.1 Å². The van der Waals surface area contributed by atoms with Gasteiger partial charge in [0.05, 0.1) is 6.61 Å². The van der Waals surface area contributed by atoms with Crippen LogP contribution in [0.2, 0.25) is 0 Å². The summed E-state index contributed by atoms with van der Waals surface area (Å²) in [5, 5.41) is 3.36. The van der Waals surface area contributed by atoms with Gasteiger partial charge in [-0.3, -0.25) is 0 Å². The first kappa shape index (κ1) is 20.3. The summed E-state index contributed by atoms with van der Waals surface area (Å²) in [4.78, 5) is 14.3. The van der Waals surface area contributed by atoms with Gasteiger partial charge in [0, 0.05) is 24.8 Å². The molecule has 0 aliphatic carbocycles. The van der Waals surface area contributed by atoms with E-state index in [9.17, 15) is 4.79 Å². The molecule has 0 amide bonds. The molecule has 1 N–H and O–H groups in total. The largest absolute Gasteiger partial charge is 0.493 e. The summed E-state index contributed by atoms with van der Waals surface area (Å²) in [6.07, 6.45) is 4.27. The molecule has 1 aromatic rings. The van der Waals surface area contributed by atoms with E-state index in [0.29, 0.717) is 31.1 Å². The number of anilines is 1. The maximum Gasteiger partial charge on any atom is 0.341 e. The minimum Gasteiger partial charge on any atom is -0.493 e. The van der Waals surface area contributed by atoms with Crippen LogP contribution in [-0.4, -0.2) is 51.3 Å². The molecule has 1 aromatic carbocycles. The van der Waals surface area contributed by atoms with Crippen LogP contribution in [0.1, 0.15) is 49.9 Å². The van der Waals surface area contributed by atoms with E-state index in [1.807, 2.05) is 31.1 Å². The highest BCUT2D eigenvalue weighted by atomic mass is 16.5. The summed E-state index contributed by atoms with van der Waals surface area (Å²) >= 11 is 0. The highest BCUT2D eigenvalue weighted by Gasteiger charge is 2.15. The molecule has 0 fully saturated rings. The highest BCUT2D eigenvalue weighted by Crippen LogP contribution is 2.25. The first-order chi connectivity index (χ1) is 11.6. The maximum atomic E-state index is 12.3. The predicted molar refractivity (Wildman–Crippen MR) is 99.1 cm³/mol. The van der Waals surface area contributed by atoms with Gasteiger partial charge in [0.1, 0.15) is 17.9 Å². The molecule has 5 heteroatoms. The van der Waals surface area contributed by atoms with Gasteiger partial charge in [0.2, 0.25) is 0 Å². The van der Waals surface area contributed by atoms with E-state index < -0.39 is 0 Å². The van der Waals surface area contributed by atoms with Crippen molar-refractivity contribution < 1.29 is 14.3 Å². The number of hydrogen-bond acceptors (Lipinski definition) is 5. The normalized spacial score (nSPS) is 10.7. The SMILES string of the molecule is CCCCNc1ccc(C(=O)OCCN(C)C)c(OCCCC)c1. The standard InChI is InChI=1S/C19H32N2O3/c1-5-7-11-20-16-9-10-17(18(15-16)23-13-8-6-2)19(22)24-14-12-21(3)4/h9-10,15,20H,5-8,11-14H2,1-4H3. The van der Waals surface area contributed by atoms with Gasteiger partial charge in [-0.15, -0.1) is 0 Å². The fourth-order valence-corrected chi connectivity index (χ4v) is 2.05. The summed E-state index contributed by atoms with van der Waals surface area (Å²) in [6.45, 7) is 6.87. The molecule has 0 saturated carbocycles. The number of esters is 1. The number of rotatable bonds is 12. The Labute approximate surface area is 146 Å². The van der Waals surface area contributed by atoms with Crippen molar-refractivity contribution >= 4 is 11.7 Å². The summed E-state index contributed by atoms with van der Waals surface area (Å²) in [7, 11) is 3.90. The lowest BCUT2D eigenvalue weighted by Crippen LogP contribution is -2.20. The third-order valence-electron chi connectivity index (χ3n) is 3.59. The van der Waals surface area contributed by atoms with E-state index in [1.165, 1.54) is 0 Å². The molecule has 0 unspecified atom stereocenters. The van der Waals surface area contributed by atoms with Crippen molar-refractivity contribution in [1.29, 1.82) is 0 Å². The molecule has 136 valence electrons. The van der Waals surface area contributed by atoms with Crippen LogP contribution in [0, 0.1) is 0 Å². The number of benzene rings is 1. The average molecular weight is 336 g/mol. The van der Waals surface area contributed by atoms with E-state index in [2.05, 4.69) is 19.2 Å². The van der Waals surface area contributed by atoms with E-state index in [4.69, 9.17) is 9.47 Å². The Morgan fingerprint density at radius 2 is 1.88 bits per heavy atom. The molecule has 0 spiro atoms. The Bertz CT molecular complexity index is 490. The lowest BCUT2D eigenvalue weighted by molar-refractivity contribution is 0.0477. The zero-order valence-electron chi connectivity index (χ0n) is 15.6. The number of likely N-dealkylation sites (N-methyl/N-ethyl adjacent to an activating group) is 1. The molecule has 0 saturated heterocycles. The molecule has 0 aliphatic rings. The topological polar surface area (TPSA) is 50.8 Å².